The minimum atomic E-state index is -0.587. The number of ether oxygens (including phenoxy) is 1. The predicted molar refractivity (Wildman–Crippen MR) is 85.1 cm³/mol. The highest BCUT2D eigenvalue weighted by atomic mass is 35.5. The lowest BCUT2D eigenvalue weighted by molar-refractivity contribution is 0.194. The van der Waals surface area contributed by atoms with E-state index in [1.54, 1.807) is 25.4 Å². The second kappa shape index (κ2) is 6.48. The van der Waals surface area contributed by atoms with Crippen LogP contribution in [0.15, 0.2) is 30.3 Å². The molecule has 0 saturated carbocycles. The molecule has 2 rings (SSSR count). The summed E-state index contributed by atoms with van der Waals surface area (Å²) in [6.45, 7) is 2.49. The van der Waals surface area contributed by atoms with Crippen LogP contribution >= 0.6 is 22.9 Å². The monoisotopic (exact) mass is 311 g/mol. The summed E-state index contributed by atoms with van der Waals surface area (Å²) < 4.78 is 6.13. The number of methoxy groups -OCH3 is 1. The van der Waals surface area contributed by atoms with E-state index < -0.39 is 6.10 Å². The molecule has 0 radical (unpaired) electrons. The molecule has 1 heterocycles. The Bertz CT molecular complexity index is 583. The van der Waals surface area contributed by atoms with Gasteiger partial charge >= 0.3 is 0 Å². The van der Waals surface area contributed by atoms with Crippen LogP contribution in [0, 0.1) is 0 Å². The van der Waals surface area contributed by atoms with Crippen molar-refractivity contribution in [2.45, 2.75) is 19.6 Å². The molecule has 0 aliphatic heterocycles. The molecule has 0 spiro atoms. The van der Waals surface area contributed by atoms with Gasteiger partial charge < -0.3 is 14.7 Å². The van der Waals surface area contributed by atoms with Crippen molar-refractivity contribution in [2.75, 3.05) is 19.1 Å². The average Bonchev–Trinajstić information content (AvgIpc) is 2.82. The Hall–Kier alpha value is -1.23. The van der Waals surface area contributed by atoms with E-state index in [0.717, 1.165) is 22.1 Å². The molecule has 20 heavy (non-hydrogen) atoms. The molecule has 1 aromatic heterocycles. The van der Waals surface area contributed by atoms with Gasteiger partial charge in [-0.05, 0) is 31.2 Å². The van der Waals surface area contributed by atoms with Crippen LogP contribution in [0.2, 0.25) is 4.34 Å². The van der Waals surface area contributed by atoms with Crippen molar-refractivity contribution in [3.05, 3.63) is 45.1 Å². The van der Waals surface area contributed by atoms with E-state index in [1.807, 2.05) is 37.4 Å². The van der Waals surface area contributed by atoms with E-state index in [2.05, 4.69) is 4.90 Å². The van der Waals surface area contributed by atoms with Crippen LogP contribution in [0.4, 0.5) is 5.69 Å². The topological polar surface area (TPSA) is 32.7 Å². The van der Waals surface area contributed by atoms with Gasteiger partial charge in [0.15, 0.2) is 0 Å². The van der Waals surface area contributed by atoms with Crippen molar-refractivity contribution in [3.8, 4) is 5.75 Å². The first kappa shape index (κ1) is 15.2. The van der Waals surface area contributed by atoms with Gasteiger partial charge in [-0.25, -0.2) is 0 Å². The van der Waals surface area contributed by atoms with Gasteiger partial charge in [0, 0.05) is 23.2 Å². The molecule has 5 heteroatoms. The Morgan fingerprint density at radius 3 is 2.65 bits per heavy atom. The van der Waals surface area contributed by atoms with Crippen molar-refractivity contribution in [1.29, 1.82) is 0 Å². The van der Waals surface area contributed by atoms with Crippen molar-refractivity contribution in [2.24, 2.45) is 0 Å². The van der Waals surface area contributed by atoms with Crippen LogP contribution in [0.5, 0.6) is 5.75 Å². The smallest absolute Gasteiger partial charge is 0.126 e. The Morgan fingerprint density at radius 1 is 1.35 bits per heavy atom. The second-order valence-electron chi connectivity index (χ2n) is 4.63. The summed E-state index contributed by atoms with van der Waals surface area (Å²) in [5, 5.41) is 10.0. The average molecular weight is 312 g/mol. The number of thiophene rings is 1. The summed E-state index contributed by atoms with van der Waals surface area (Å²) in [7, 11) is 3.61. The number of hydrogen-bond donors (Lipinski definition) is 1. The third-order valence-electron chi connectivity index (χ3n) is 3.11. The first-order chi connectivity index (χ1) is 9.52. The molecule has 0 saturated heterocycles. The van der Waals surface area contributed by atoms with Gasteiger partial charge in [-0.2, -0.15) is 0 Å². The van der Waals surface area contributed by atoms with Crippen molar-refractivity contribution < 1.29 is 9.84 Å². The maximum absolute atomic E-state index is 10.0. The standard InChI is InChI=1S/C15H18ClNO2S/c1-10(18)15-12(5-4-6-13(15)19-3)17(2)9-11-7-8-14(16)20-11/h4-8,10,18H,9H2,1-3H3/t10-/m0/s1. The molecular weight excluding hydrogens is 294 g/mol. The predicted octanol–water partition coefficient (Wildman–Crippen LogP) is 4.10. The number of nitrogens with zero attached hydrogens (tertiary/aromatic N) is 1. The van der Waals surface area contributed by atoms with E-state index >= 15 is 0 Å². The van der Waals surface area contributed by atoms with Crippen LogP contribution in [0.1, 0.15) is 23.5 Å². The number of rotatable bonds is 5. The van der Waals surface area contributed by atoms with Crippen molar-refractivity contribution >= 4 is 28.6 Å². The molecule has 1 N–H and O–H groups in total. The van der Waals surface area contributed by atoms with Crippen molar-refractivity contribution in [1.82, 2.24) is 0 Å². The third kappa shape index (κ3) is 3.26. The summed E-state index contributed by atoms with van der Waals surface area (Å²) in [6.07, 6.45) is -0.587. The number of hydrogen-bond acceptors (Lipinski definition) is 4. The Morgan fingerprint density at radius 2 is 2.10 bits per heavy atom. The van der Waals surface area contributed by atoms with Crippen molar-refractivity contribution in [3.63, 3.8) is 0 Å². The van der Waals surface area contributed by atoms with E-state index in [0.29, 0.717) is 5.75 Å². The third-order valence-corrected chi connectivity index (χ3v) is 4.33. The number of aliphatic hydroxyl groups is 1. The Kier molecular flexibility index (Phi) is 4.91. The molecule has 0 unspecified atom stereocenters. The van der Waals surface area contributed by atoms with Crippen LogP contribution in [-0.2, 0) is 6.54 Å². The van der Waals surface area contributed by atoms with E-state index in [4.69, 9.17) is 16.3 Å². The summed E-state index contributed by atoms with van der Waals surface area (Å²) in [6, 6.07) is 9.70. The SMILES string of the molecule is COc1cccc(N(C)Cc2ccc(Cl)s2)c1[C@H](C)O. The minimum absolute atomic E-state index is 0.587. The number of halogens is 1. The molecule has 0 amide bonds. The first-order valence-electron chi connectivity index (χ1n) is 6.33. The fourth-order valence-electron chi connectivity index (χ4n) is 2.22. The molecule has 0 aliphatic carbocycles. The second-order valence-corrected chi connectivity index (χ2v) is 6.43. The molecule has 1 atom stereocenters. The molecule has 108 valence electrons. The number of benzene rings is 1. The molecule has 0 fully saturated rings. The van der Waals surface area contributed by atoms with E-state index in [9.17, 15) is 5.11 Å². The fraction of sp³-hybridized carbons (Fsp3) is 0.333. The maximum atomic E-state index is 10.0. The van der Waals surface area contributed by atoms with Crippen LogP contribution < -0.4 is 9.64 Å². The summed E-state index contributed by atoms with van der Waals surface area (Å²) in [5.74, 6) is 0.702. The highest BCUT2D eigenvalue weighted by molar-refractivity contribution is 7.16. The van der Waals surface area contributed by atoms with Gasteiger partial charge in [-0.1, -0.05) is 17.7 Å². The molecular formula is C15H18ClNO2S. The largest absolute Gasteiger partial charge is 0.496 e. The minimum Gasteiger partial charge on any atom is -0.496 e. The Labute approximate surface area is 128 Å². The normalized spacial score (nSPS) is 12.2. The molecule has 0 aliphatic rings. The molecule has 1 aromatic carbocycles. The molecule has 0 bridgehead atoms. The van der Waals surface area contributed by atoms with Gasteiger partial charge in [-0.3, -0.25) is 0 Å². The van der Waals surface area contributed by atoms with Gasteiger partial charge in [0.25, 0.3) is 0 Å². The zero-order chi connectivity index (χ0) is 14.7. The quantitative estimate of drug-likeness (QED) is 0.902. The van der Waals surface area contributed by atoms with Gasteiger partial charge in [0.1, 0.15) is 5.75 Å². The number of aliphatic hydroxyl groups excluding tert-OH is 1. The summed E-state index contributed by atoms with van der Waals surface area (Å²) >= 11 is 7.52. The summed E-state index contributed by atoms with van der Waals surface area (Å²) in [5.41, 5.74) is 1.77. The van der Waals surface area contributed by atoms with E-state index in [-0.39, 0.29) is 0 Å². The Balaban J connectivity index is 2.31. The fourth-order valence-corrected chi connectivity index (χ4v) is 3.36. The highest BCUT2D eigenvalue weighted by Gasteiger charge is 2.17. The lowest BCUT2D eigenvalue weighted by Crippen LogP contribution is -2.18. The maximum Gasteiger partial charge on any atom is 0.126 e. The van der Waals surface area contributed by atoms with Crippen LogP contribution in [-0.4, -0.2) is 19.3 Å². The molecule has 2 aromatic rings. The lowest BCUT2D eigenvalue weighted by atomic mass is 10.1. The molecule has 3 nitrogen and oxygen atoms in total. The van der Waals surface area contributed by atoms with Gasteiger partial charge in [-0.15, -0.1) is 11.3 Å². The van der Waals surface area contributed by atoms with Crippen LogP contribution in [0.25, 0.3) is 0 Å². The zero-order valence-electron chi connectivity index (χ0n) is 11.8. The van der Waals surface area contributed by atoms with Gasteiger partial charge in [0.05, 0.1) is 24.1 Å². The van der Waals surface area contributed by atoms with E-state index in [1.165, 1.54) is 4.88 Å². The first-order valence-corrected chi connectivity index (χ1v) is 7.52. The highest BCUT2D eigenvalue weighted by Crippen LogP contribution is 2.35. The lowest BCUT2D eigenvalue weighted by Gasteiger charge is -2.24. The van der Waals surface area contributed by atoms with Crippen LogP contribution in [0.3, 0.4) is 0 Å². The van der Waals surface area contributed by atoms with Gasteiger partial charge in [0.2, 0.25) is 0 Å². The zero-order valence-corrected chi connectivity index (χ0v) is 13.3. The number of anilines is 1. The summed E-state index contributed by atoms with van der Waals surface area (Å²) in [4.78, 5) is 3.27.